The Kier molecular flexibility index (Phi) is 6.16. The van der Waals surface area contributed by atoms with Crippen LogP contribution in [-0.4, -0.2) is 51.5 Å². The van der Waals surface area contributed by atoms with Gasteiger partial charge in [0.15, 0.2) is 5.65 Å². The number of nitrogens with zero attached hydrogens (tertiary/aromatic N) is 5. The molecule has 172 valence electrons. The number of benzene rings is 2. The van der Waals surface area contributed by atoms with Gasteiger partial charge >= 0.3 is 0 Å². The van der Waals surface area contributed by atoms with E-state index in [1.54, 1.807) is 0 Å². The molecule has 3 heterocycles. The van der Waals surface area contributed by atoms with Gasteiger partial charge in [0.05, 0.1) is 11.4 Å². The van der Waals surface area contributed by atoms with E-state index >= 15 is 0 Å². The highest BCUT2D eigenvalue weighted by molar-refractivity contribution is 6.09. The van der Waals surface area contributed by atoms with Gasteiger partial charge < -0.3 is 15.4 Å². The topological polar surface area (TPSA) is 99.2 Å². The molecule has 4 aromatic rings. The summed E-state index contributed by atoms with van der Waals surface area (Å²) in [4.78, 5) is 23.2. The molecule has 1 amide bonds. The summed E-state index contributed by atoms with van der Waals surface area (Å²) >= 11 is 0. The predicted molar refractivity (Wildman–Crippen MR) is 135 cm³/mol. The van der Waals surface area contributed by atoms with Crippen LogP contribution in [0.5, 0.6) is 11.5 Å². The summed E-state index contributed by atoms with van der Waals surface area (Å²) in [6.07, 6.45) is 4.76. The minimum Gasteiger partial charge on any atom is -0.457 e. The fourth-order valence-electron chi connectivity index (χ4n) is 4.51. The highest BCUT2D eigenvalue weighted by Gasteiger charge is 2.28. The average molecular weight is 454 g/mol. The van der Waals surface area contributed by atoms with Crippen LogP contribution in [0.25, 0.3) is 22.3 Å². The smallest absolute Gasteiger partial charge is 0.221 e. The minimum atomic E-state index is 0.0424. The number of nitrogens with two attached hydrogens (primary N) is 1. The standard InChI is InChI=1S/C25H27BN6O2/c26-13-12-21(33)31-14-4-5-18(15-31)32-25-22(24(27)28-16-29-25)23(30-32)17-8-10-20(11-9-17)34-19-6-2-1-3-7-19/h1-3,6-11,16,18H,4-5,12-15,26H2,(H2,27,28,29)/t18-/m1/s1. The largest absolute Gasteiger partial charge is 0.457 e. The summed E-state index contributed by atoms with van der Waals surface area (Å²) in [5.41, 5.74) is 8.62. The molecule has 34 heavy (non-hydrogen) atoms. The molecule has 5 rings (SSSR count). The lowest BCUT2D eigenvalue weighted by Gasteiger charge is -2.33. The zero-order chi connectivity index (χ0) is 23.5. The molecule has 2 aromatic carbocycles. The van der Waals surface area contributed by atoms with Gasteiger partial charge in [0.1, 0.15) is 37.2 Å². The molecule has 1 saturated heterocycles. The molecule has 1 atom stereocenters. The Bertz CT molecular complexity index is 1290. The SMILES string of the molecule is BCCC(=O)N1CCC[C@@H](n2nc(-c3ccc(Oc4ccccc4)cc3)c3c(N)ncnc32)C1. The molecule has 0 unspecified atom stereocenters. The Hall–Kier alpha value is -3.88. The van der Waals surface area contributed by atoms with Crippen molar-refractivity contribution >= 4 is 30.6 Å². The molecule has 2 aromatic heterocycles. The van der Waals surface area contributed by atoms with Gasteiger partial charge in [0.25, 0.3) is 0 Å². The zero-order valence-corrected chi connectivity index (χ0v) is 19.2. The molecule has 8 nitrogen and oxygen atoms in total. The summed E-state index contributed by atoms with van der Waals surface area (Å²) in [5, 5.41) is 5.69. The number of rotatable bonds is 6. The van der Waals surface area contributed by atoms with Crippen LogP contribution >= 0.6 is 0 Å². The molecular formula is C25H27BN6O2. The van der Waals surface area contributed by atoms with Crippen molar-refractivity contribution in [2.75, 3.05) is 18.8 Å². The number of nitrogen functional groups attached to an aromatic ring is 1. The number of carbonyl (C=O) groups is 1. The van der Waals surface area contributed by atoms with Crippen molar-refractivity contribution in [3.63, 3.8) is 0 Å². The summed E-state index contributed by atoms with van der Waals surface area (Å²) in [7, 11) is 2.03. The third-order valence-electron chi connectivity index (χ3n) is 6.18. The first-order valence-electron chi connectivity index (χ1n) is 11.7. The van der Waals surface area contributed by atoms with Gasteiger partial charge in [0, 0.05) is 25.1 Å². The molecule has 0 spiro atoms. The number of aromatic nitrogens is 4. The number of piperidine rings is 1. The first kappa shape index (κ1) is 21.9. The van der Waals surface area contributed by atoms with Crippen molar-refractivity contribution in [2.45, 2.75) is 31.6 Å². The van der Waals surface area contributed by atoms with Crippen LogP contribution in [0.3, 0.4) is 0 Å². The lowest BCUT2D eigenvalue weighted by Crippen LogP contribution is -2.40. The van der Waals surface area contributed by atoms with Gasteiger partial charge in [0.2, 0.25) is 5.91 Å². The molecule has 1 aliphatic heterocycles. The number of ether oxygens (including phenoxy) is 1. The van der Waals surface area contributed by atoms with Crippen molar-refractivity contribution < 1.29 is 9.53 Å². The van der Waals surface area contributed by atoms with Gasteiger partial charge in [-0.05, 0) is 49.2 Å². The van der Waals surface area contributed by atoms with Crippen LogP contribution in [0.4, 0.5) is 5.82 Å². The summed E-state index contributed by atoms with van der Waals surface area (Å²) < 4.78 is 7.86. The van der Waals surface area contributed by atoms with Crippen molar-refractivity contribution in [3.05, 3.63) is 60.9 Å². The molecule has 0 aliphatic carbocycles. The van der Waals surface area contributed by atoms with Gasteiger partial charge in [-0.15, -0.1) is 0 Å². The number of amides is 1. The first-order chi connectivity index (χ1) is 16.6. The highest BCUT2D eigenvalue weighted by atomic mass is 16.5. The van der Waals surface area contributed by atoms with Crippen LogP contribution in [0.15, 0.2) is 60.9 Å². The minimum absolute atomic E-state index is 0.0424. The molecule has 0 saturated carbocycles. The Balaban J connectivity index is 1.47. The van der Waals surface area contributed by atoms with Crippen LogP contribution in [0.1, 0.15) is 25.3 Å². The second-order valence-corrected chi connectivity index (χ2v) is 8.58. The fourth-order valence-corrected chi connectivity index (χ4v) is 4.51. The molecular weight excluding hydrogens is 427 g/mol. The maximum absolute atomic E-state index is 12.5. The summed E-state index contributed by atoms with van der Waals surface area (Å²) in [6.45, 7) is 1.42. The van der Waals surface area contributed by atoms with Crippen molar-refractivity contribution in [3.8, 4) is 22.8 Å². The van der Waals surface area contributed by atoms with E-state index < -0.39 is 0 Å². The first-order valence-corrected chi connectivity index (χ1v) is 11.7. The molecule has 0 radical (unpaired) electrons. The number of carbonyl (C=O) groups excluding carboxylic acids is 1. The summed E-state index contributed by atoms with van der Waals surface area (Å²) in [6, 6.07) is 17.5. The van der Waals surface area contributed by atoms with Crippen LogP contribution in [0.2, 0.25) is 6.32 Å². The van der Waals surface area contributed by atoms with Gasteiger partial charge in [-0.2, -0.15) is 5.10 Å². The molecule has 1 aliphatic rings. The Morgan fingerprint density at radius 3 is 2.62 bits per heavy atom. The Morgan fingerprint density at radius 1 is 1.09 bits per heavy atom. The van der Waals surface area contributed by atoms with Gasteiger partial charge in [-0.3, -0.25) is 4.79 Å². The van der Waals surface area contributed by atoms with E-state index in [0.717, 1.165) is 53.8 Å². The number of likely N-dealkylation sites (tertiary alicyclic amines) is 1. The number of hydrogen-bond acceptors (Lipinski definition) is 6. The zero-order valence-electron chi connectivity index (χ0n) is 19.2. The number of hydrogen-bond donors (Lipinski definition) is 1. The lowest BCUT2D eigenvalue weighted by atomic mass is 10.00. The Morgan fingerprint density at radius 2 is 1.85 bits per heavy atom. The van der Waals surface area contributed by atoms with E-state index in [-0.39, 0.29) is 11.9 Å². The fraction of sp³-hybridized carbons (Fsp3) is 0.280. The van der Waals surface area contributed by atoms with E-state index in [4.69, 9.17) is 15.6 Å². The maximum Gasteiger partial charge on any atom is 0.221 e. The third-order valence-corrected chi connectivity index (χ3v) is 6.18. The quantitative estimate of drug-likeness (QED) is 0.448. The van der Waals surface area contributed by atoms with E-state index in [1.807, 2.05) is 72.0 Å². The molecule has 2 N–H and O–H groups in total. The average Bonchev–Trinajstić information content (AvgIpc) is 3.26. The van der Waals surface area contributed by atoms with E-state index in [2.05, 4.69) is 9.97 Å². The Labute approximate surface area is 199 Å². The second kappa shape index (κ2) is 9.55. The normalized spacial score (nSPS) is 16.0. The monoisotopic (exact) mass is 454 g/mol. The van der Waals surface area contributed by atoms with E-state index in [0.29, 0.717) is 24.4 Å². The van der Waals surface area contributed by atoms with E-state index in [9.17, 15) is 4.79 Å². The highest BCUT2D eigenvalue weighted by Crippen LogP contribution is 2.35. The maximum atomic E-state index is 12.5. The number of fused-ring (bicyclic) bond motifs is 1. The third kappa shape index (κ3) is 4.33. The number of para-hydroxylation sites is 1. The van der Waals surface area contributed by atoms with Gasteiger partial charge in [-0.1, -0.05) is 24.5 Å². The molecule has 0 bridgehead atoms. The lowest BCUT2D eigenvalue weighted by molar-refractivity contribution is -0.132. The van der Waals surface area contributed by atoms with Crippen LogP contribution in [-0.2, 0) is 4.79 Å². The summed E-state index contributed by atoms with van der Waals surface area (Å²) in [5.74, 6) is 2.11. The van der Waals surface area contributed by atoms with E-state index in [1.165, 1.54) is 6.33 Å². The van der Waals surface area contributed by atoms with Crippen LogP contribution in [0, 0.1) is 0 Å². The van der Waals surface area contributed by atoms with Crippen molar-refractivity contribution in [1.82, 2.24) is 24.6 Å². The van der Waals surface area contributed by atoms with Crippen LogP contribution < -0.4 is 10.5 Å². The molecule has 1 fully saturated rings. The van der Waals surface area contributed by atoms with Crippen molar-refractivity contribution in [1.29, 1.82) is 0 Å². The molecule has 9 heteroatoms. The number of anilines is 1. The second-order valence-electron chi connectivity index (χ2n) is 8.58. The van der Waals surface area contributed by atoms with Gasteiger partial charge in [-0.25, -0.2) is 14.6 Å². The van der Waals surface area contributed by atoms with Crippen molar-refractivity contribution in [2.24, 2.45) is 0 Å². The predicted octanol–water partition coefficient (Wildman–Crippen LogP) is 3.47.